The molecule has 1 saturated heterocycles. The molecule has 0 radical (unpaired) electrons. The Labute approximate surface area is 175 Å². The number of nitrogens with one attached hydrogen (secondary N) is 1. The Bertz CT molecular complexity index is 685. The molecule has 2 aromatic carbocycles. The summed E-state index contributed by atoms with van der Waals surface area (Å²) in [5, 5.41) is 3.69. The van der Waals surface area contributed by atoms with Crippen molar-refractivity contribution in [3.63, 3.8) is 0 Å². The van der Waals surface area contributed by atoms with Gasteiger partial charge in [0.15, 0.2) is 11.5 Å². The number of piperazine rings is 1. The van der Waals surface area contributed by atoms with Gasteiger partial charge < -0.3 is 14.8 Å². The minimum Gasteiger partial charge on any atom is -0.493 e. The molecule has 4 nitrogen and oxygen atoms in total. The fourth-order valence-electron chi connectivity index (χ4n) is 3.53. The van der Waals surface area contributed by atoms with E-state index in [0.717, 1.165) is 37.7 Å². The number of nitrogens with zero attached hydrogens (tertiary/aromatic N) is 1. The van der Waals surface area contributed by atoms with Crippen molar-refractivity contribution in [3.05, 3.63) is 59.7 Å². The molecule has 1 aliphatic heterocycles. The monoisotopic (exact) mass is 412 g/mol. The summed E-state index contributed by atoms with van der Waals surface area (Å²) in [6, 6.07) is 17.4. The Hall–Kier alpha value is -1.46. The Kier molecular flexibility index (Phi) is 9.95. The molecule has 0 aliphatic carbocycles. The molecule has 0 spiro atoms. The summed E-state index contributed by atoms with van der Waals surface area (Å²) < 4.78 is 10.8. The van der Waals surface area contributed by atoms with Crippen LogP contribution in [0.4, 0.5) is 0 Å². The van der Waals surface area contributed by atoms with E-state index >= 15 is 0 Å². The van der Waals surface area contributed by atoms with Crippen LogP contribution in [0.3, 0.4) is 0 Å². The average molecular weight is 413 g/mol. The highest BCUT2D eigenvalue weighted by Gasteiger charge is 2.25. The molecule has 1 N–H and O–H groups in total. The average Bonchev–Trinajstić information content (AvgIpc) is 2.68. The summed E-state index contributed by atoms with van der Waals surface area (Å²) in [5.74, 6) is 1.97. The van der Waals surface area contributed by atoms with E-state index in [2.05, 4.69) is 59.6 Å². The van der Waals surface area contributed by atoms with E-state index in [1.54, 1.807) is 14.2 Å². The van der Waals surface area contributed by atoms with Crippen molar-refractivity contribution < 1.29 is 9.47 Å². The van der Waals surface area contributed by atoms with Gasteiger partial charge in [-0.2, -0.15) is 0 Å². The molecule has 1 aliphatic rings. The molecule has 27 heavy (non-hydrogen) atoms. The van der Waals surface area contributed by atoms with Crippen LogP contribution in [0.1, 0.15) is 24.0 Å². The SMILES string of the molecule is COc1ccc(C(C)C2CN(Cc3ccccc3)CCN2)cc1OC.Cl.Cl. The number of rotatable bonds is 6. The van der Waals surface area contributed by atoms with Crippen LogP contribution < -0.4 is 14.8 Å². The van der Waals surface area contributed by atoms with E-state index in [-0.39, 0.29) is 24.8 Å². The molecule has 0 saturated carbocycles. The summed E-state index contributed by atoms with van der Waals surface area (Å²) in [7, 11) is 3.36. The lowest BCUT2D eigenvalue weighted by Crippen LogP contribution is -2.52. The smallest absolute Gasteiger partial charge is 0.160 e. The van der Waals surface area contributed by atoms with E-state index in [1.165, 1.54) is 11.1 Å². The van der Waals surface area contributed by atoms with Crippen LogP contribution in [0.2, 0.25) is 0 Å². The fraction of sp³-hybridized carbons (Fsp3) is 0.429. The van der Waals surface area contributed by atoms with Crippen LogP contribution in [0.15, 0.2) is 48.5 Å². The third-order valence-electron chi connectivity index (χ3n) is 5.08. The van der Waals surface area contributed by atoms with Gasteiger partial charge in [0.1, 0.15) is 0 Å². The number of hydrogen-bond donors (Lipinski definition) is 1. The van der Waals surface area contributed by atoms with Crippen molar-refractivity contribution >= 4 is 24.8 Å². The van der Waals surface area contributed by atoms with Crippen LogP contribution >= 0.6 is 24.8 Å². The topological polar surface area (TPSA) is 33.7 Å². The predicted octanol–water partition coefficient (Wildman–Crippen LogP) is 4.12. The van der Waals surface area contributed by atoms with Gasteiger partial charge in [-0.15, -0.1) is 24.8 Å². The molecule has 150 valence electrons. The molecule has 0 bridgehead atoms. The zero-order chi connectivity index (χ0) is 17.6. The van der Waals surface area contributed by atoms with Gasteiger partial charge in [0.05, 0.1) is 14.2 Å². The summed E-state index contributed by atoms with van der Waals surface area (Å²) in [6.45, 7) is 6.45. The molecular weight excluding hydrogens is 383 g/mol. The first-order valence-electron chi connectivity index (χ1n) is 8.93. The van der Waals surface area contributed by atoms with Crippen LogP contribution in [-0.4, -0.2) is 44.8 Å². The maximum absolute atomic E-state index is 5.46. The number of halogens is 2. The molecule has 2 aromatic rings. The van der Waals surface area contributed by atoms with Gasteiger partial charge in [-0.1, -0.05) is 43.3 Å². The van der Waals surface area contributed by atoms with Gasteiger partial charge in [0.25, 0.3) is 0 Å². The first-order chi connectivity index (χ1) is 12.2. The van der Waals surface area contributed by atoms with Gasteiger partial charge in [-0.3, -0.25) is 4.90 Å². The second-order valence-electron chi connectivity index (χ2n) is 6.68. The van der Waals surface area contributed by atoms with Crippen molar-refractivity contribution in [3.8, 4) is 11.5 Å². The van der Waals surface area contributed by atoms with E-state index in [4.69, 9.17) is 9.47 Å². The van der Waals surface area contributed by atoms with E-state index in [1.807, 2.05) is 6.07 Å². The van der Waals surface area contributed by atoms with Crippen molar-refractivity contribution in [2.24, 2.45) is 0 Å². The van der Waals surface area contributed by atoms with E-state index in [0.29, 0.717) is 12.0 Å². The highest BCUT2D eigenvalue weighted by Crippen LogP contribution is 2.32. The summed E-state index contributed by atoms with van der Waals surface area (Å²) in [5.41, 5.74) is 2.65. The predicted molar refractivity (Wildman–Crippen MR) is 116 cm³/mol. The third-order valence-corrected chi connectivity index (χ3v) is 5.08. The largest absolute Gasteiger partial charge is 0.493 e. The quantitative estimate of drug-likeness (QED) is 0.773. The highest BCUT2D eigenvalue weighted by molar-refractivity contribution is 5.85. The molecule has 1 fully saturated rings. The Morgan fingerprint density at radius 2 is 1.74 bits per heavy atom. The number of hydrogen-bond acceptors (Lipinski definition) is 4. The summed E-state index contributed by atoms with van der Waals surface area (Å²) in [6.07, 6.45) is 0. The van der Waals surface area contributed by atoms with Gasteiger partial charge >= 0.3 is 0 Å². The second kappa shape index (κ2) is 11.4. The van der Waals surface area contributed by atoms with Crippen LogP contribution in [-0.2, 0) is 6.54 Å². The molecule has 0 aromatic heterocycles. The second-order valence-corrected chi connectivity index (χ2v) is 6.68. The first-order valence-corrected chi connectivity index (χ1v) is 8.93. The molecule has 3 rings (SSSR count). The molecular formula is C21H30Cl2N2O2. The number of methoxy groups -OCH3 is 2. The van der Waals surface area contributed by atoms with E-state index in [9.17, 15) is 0 Å². The summed E-state index contributed by atoms with van der Waals surface area (Å²) in [4.78, 5) is 2.54. The Morgan fingerprint density at radius 3 is 2.41 bits per heavy atom. The van der Waals surface area contributed by atoms with Crippen molar-refractivity contribution in [2.45, 2.75) is 25.4 Å². The molecule has 6 heteroatoms. The highest BCUT2D eigenvalue weighted by atomic mass is 35.5. The molecule has 1 heterocycles. The fourth-order valence-corrected chi connectivity index (χ4v) is 3.53. The lowest BCUT2D eigenvalue weighted by atomic mass is 9.91. The van der Waals surface area contributed by atoms with Crippen molar-refractivity contribution in [1.82, 2.24) is 10.2 Å². The standard InChI is InChI=1S/C21H28N2O2.2ClH/c1-16(18-9-10-20(24-2)21(13-18)25-3)19-15-23(12-11-22-19)14-17-7-5-4-6-8-17;;/h4-10,13,16,19,22H,11-12,14-15H2,1-3H3;2*1H. The zero-order valence-electron chi connectivity index (χ0n) is 16.2. The van der Waals surface area contributed by atoms with Gasteiger partial charge in [0, 0.05) is 32.2 Å². The Morgan fingerprint density at radius 1 is 1.04 bits per heavy atom. The van der Waals surface area contributed by atoms with Crippen molar-refractivity contribution in [1.29, 1.82) is 0 Å². The van der Waals surface area contributed by atoms with Crippen molar-refractivity contribution in [2.75, 3.05) is 33.9 Å². The number of benzene rings is 2. The van der Waals surface area contributed by atoms with Crippen LogP contribution in [0.5, 0.6) is 11.5 Å². The maximum atomic E-state index is 5.46. The summed E-state index contributed by atoms with van der Waals surface area (Å²) >= 11 is 0. The lowest BCUT2D eigenvalue weighted by Gasteiger charge is -2.37. The van der Waals surface area contributed by atoms with Crippen LogP contribution in [0, 0.1) is 0 Å². The first kappa shape index (κ1) is 23.6. The van der Waals surface area contributed by atoms with Gasteiger partial charge in [-0.05, 0) is 29.2 Å². The zero-order valence-corrected chi connectivity index (χ0v) is 17.8. The normalized spacial score (nSPS) is 18.0. The maximum Gasteiger partial charge on any atom is 0.160 e. The van der Waals surface area contributed by atoms with Gasteiger partial charge in [-0.25, -0.2) is 0 Å². The number of ether oxygens (including phenoxy) is 2. The minimum atomic E-state index is 0. The Balaban J connectivity index is 0.00000182. The molecule has 2 atom stereocenters. The van der Waals surface area contributed by atoms with Crippen LogP contribution in [0.25, 0.3) is 0 Å². The molecule has 2 unspecified atom stereocenters. The third kappa shape index (κ3) is 6.01. The molecule has 0 amide bonds. The van der Waals surface area contributed by atoms with Gasteiger partial charge in [0.2, 0.25) is 0 Å². The lowest BCUT2D eigenvalue weighted by molar-refractivity contribution is 0.180. The van der Waals surface area contributed by atoms with E-state index < -0.39 is 0 Å². The minimum absolute atomic E-state index is 0.